The van der Waals surface area contributed by atoms with Crippen molar-refractivity contribution in [2.24, 2.45) is 5.41 Å². The van der Waals surface area contributed by atoms with Crippen LogP contribution in [-0.4, -0.2) is 26.8 Å². The fourth-order valence-electron chi connectivity index (χ4n) is 0.924. The van der Waals surface area contributed by atoms with Crippen molar-refractivity contribution in [1.82, 2.24) is 0 Å². The van der Waals surface area contributed by atoms with Gasteiger partial charge in [-0.2, -0.15) is 7.05 Å². The van der Waals surface area contributed by atoms with E-state index in [0.29, 0.717) is 5.41 Å². The van der Waals surface area contributed by atoms with E-state index in [1.165, 1.54) is 0 Å². The molecule has 0 atom stereocenters. The standard InChI is InChI=1S/C6H12NO.V/c1-6(3-7-2)4-8-5-6;/h3-5H2,1-2H3;/q-1;. The molecule has 0 unspecified atom stereocenters. The number of hydrogen-bond donors (Lipinski definition) is 0. The molecule has 3 heteroatoms. The summed E-state index contributed by atoms with van der Waals surface area (Å²) in [6, 6.07) is 0. The molecular weight excluding hydrogens is 153 g/mol. The molecule has 9 heavy (non-hydrogen) atoms. The third-order valence-corrected chi connectivity index (χ3v) is 1.44. The Kier molecular flexibility index (Phi) is 3.82. The molecule has 53 valence electrons. The van der Waals surface area contributed by atoms with E-state index in [-0.39, 0.29) is 18.6 Å². The summed E-state index contributed by atoms with van der Waals surface area (Å²) in [6.45, 7) is 4.94. The summed E-state index contributed by atoms with van der Waals surface area (Å²) in [6.07, 6.45) is 0. The van der Waals surface area contributed by atoms with Crippen LogP contribution in [0.15, 0.2) is 0 Å². The predicted molar refractivity (Wildman–Crippen MR) is 33.1 cm³/mol. The molecular formula is C6H12NOV-. The van der Waals surface area contributed by atoms with Crippen molar-refractivity contribution < 1.29 is 23.3 Å². The van der Waals surface area contributed by atoms with E-state index in [9.17, 15) is 0 Å². The third-order valence-electron chi connectivity index (χ3n) is 1.44. The summed E-state index contributed by atoms with van der Waals surface area (Å²) in [5.74, 6) is 0. The van der Waals surface area contributed by atoms with Gasteiger partial charge in [-0.15, -0.1) is 6.54 Å². The Hall–Kier alpha value is 0.504. The largest absolute Gasteiger partial charge is 0.664 e. The van der Waals surface area contributed by atoms with Crippen LogP contribution in [0.4, 0.5) is 0 Å². The Labute approximate surface area is 68.2 Å². The molecule has 1 aliphatic rings. The number of rotatable bonds is 2. The van der Waals surface area contributed by atoms with Crippen LogP contribution in [0, 0.1) is 5.41 Å². The zero-order chi connectivity index (χ0) is 6.04. The van der Waals surface area contributed by atoms with Crippen molar-refractivity contribution in [1.29, 1.82) is 0 Å². The predicted octanol–water partition coefficient (Wildman–Crippen LogP) is 1.02. The molecule has 1 radical (unpaired) electrons. The second-order valence-electron chi connectivity index (χ2n) is 2.78. The first kappa shape index (κ1) is 9.50. The van der Waals surface area contributed by atoms with Gasteiger partial charge < -0.3 is 10.1 Å². The van der Waals surface area contributed by atoms with E-state index >= 15 is 0 Å². The maximum atomic E-state index is 5.03. The van der Waals surface area contributed by atoms with Crippen LogP contribution < -0.4 is 0 Å². The molecule has 2 nitrogen and oxygen atoms in total. The Morgan fingerprint density at radius 2 is 2.11 bits per heavy atom. The Balaban J connectivity index is 0.000000640. The summed E-state index contributed by atoms with van der Waals surface area (Å²) in [4.78, 5) is 0. The van der Waals surface area contributed by atoms with E-state index in [0.717, 1.165) is 19.8 Å². The summed E-state index contributed by atoms with van der Waals surface area (Å²) in [7, 11) is 1.85. The van der Waals surface area contributed by atoms with E-state index in [1.54, 1.807) is 0 Å². The minimum Gasteiger partial charge on any atom is -0.664 e. The van der Waals surface area contributed by atoms with Gasteiger partial charge in [0.2, 0.25) is 0 Å². The Bertz CT molecular complexity index is 83.1. The van der Waals surface area contributed by atoms with Gasteiger partial charge in [-0.25, -0.2) is 0 Å². The molecule has 1 aliphatic heterocycles. The summed E-state index contributed by atoms with van der Waals surface area (Å²) < 4.78 is 5.03. The van der Waals surface area contributed by atoms with Crippen LogP contribution in [0.1, 0.15) is 6.92 Å². The van der Waals surface area contributed by atoms with Crippen LogP contribution in [0.25, 0.3) is 5.32 Å². The Morgan fingerprint density at radius 3 is 2.22 bits per heavy atom. The maximum absolute atomic E-state index is 5.03. The van der Waals surface area contributed by atoms with Crippen LogP contribution in [0.2, 0.25) is 0 Å². The maximum Gasteiger partial charge on any atom is 0.0525 e. The molecule has 0 aromatic heterocycles. The number of ether oxygens (including phenoxy) is 1. The molecule has 0 aromatic carbocycles. The van der Waals surface area contributed by atoms with Gasteiger partial charge >= 0.3 is 0 Å². The van der Waals surface area contributed by atoms with Gasteiger partial charge in [0.25, 0.3) is 0 Å². The molecule has 0 bridgehead atoms. The molecule has 0 amide bonds. The first-order chi connectivity index (χ1) is 3.77. The van der Waals surface area contributed by atoms with Crippen molar-refractivity contribution in [3.05, 3.63) is 5.32 Å². The van der Waals surface area contributed by atoms with Crippen molar-refractivity contribution >= 4 is 0 Å². The SMILES string of the molecule is C[N-]CC1(C)COC1.[V]. The van der Waals surface area contributed by atoms with Crippen molar-refractivity contribution in [3.8, 4) is 0 Å². The van der Waals surface area contributed by atoms with Crippen LogP contribution >= 0.6 is 0 Å². The molecule has 1 fully saturated rings. The van der Waals surface area contributed by atoms with Crippen molar-refractivity contribution in [3.63, 3.8) is 0 Å². The fraction of sp³-hybridized carbons (Fsp3) is 1.00. The third kappa shape index (κ3) is 2.30. The van der Waals surface area contributed by atoms with E-state index in [1.807, 2.05) is 7.05 Å². The minimum atomic E-state index is 0. The topological polar surface area (TPSA) is 23.3 Å². The van der Waals surface area contributed by atoms with Gasteiger partial charge in [-0.3, -0.25) is 0 Å². The minimum absolute atomic E-state index is 0. The molecule has 0 saturated carbocycles. The van der Waals surface area contributed by atoms with Crippen LogP contribution in [0.5, 0.6) is 0 Å². The van der Waals surface area contributed by atoms with Gasteiger partial charge in [0, 0.05) is 18.6 Å². The summed E-state index contributed by atoms with van der Waals surface area (Å²) in [5.41, 5.74) is 0.384. The van der Waals surface area contributed by atoms with Gasteiger partial charge in [0.1, 0.15) is 0 Å². The smallest absolute Gasteiger partial charge is 0.0525 e. The molecule has 0 spiro atoms. The number of nitrogens with zero attached hydrogens (tertiary/aromatic N) is 1. The molecule has 1 heterocycles. The van der Waals surface area contributed by atoms with Gasteiger partial charge in [-0.05, 0) is 5.41 Å². The molecule has 0 aromatic rings. The van der Waals surface area contributed by atoms with Gasteiger partial charge in [-0.1, -0.05) is 6.92 Å². The first-order valence-corrected chi connectivity index (χ1v) is 2.90. The number of hydrogen-bond acceptors (Lipinski definition) is 1. The van der Waals surface area contributed by atoms with Crippen LogP contribution in [0.3, 0.4) is 0 Å². The van der Waals surface area contributed by atoms with E-state index in [2.05, 4.69) is 12.2 Å². The second-order valence-corrected chi connectivity index (χ2v) is 2.78. The molecule has 1 saturated heterocycles. The van der Waals surface area contributed by atoms with Crippen LogP contribution in [-0.2, 0) is 23.3 Å². The van der Waals surface area contributed by atoms with Crippen molar-refractivity contribution in [2.45, 2.75) is 6.92 Å². The van der Waals surface area contributed by atoms with E-state index < -0.39 is 0 Å². The summed E-state index contributed by atoms with van der Waals surface area (Å²) >= 11 is 0. The van der Waals surface area contributed by atoms with Gasteiger partial charge in [0.05, 0.1) is 13.2 Å². The fourth-order valence-corrected chi connectivity index (χ4v) is 0.924. The summed E-state index contributed by atoms with van der Waals surface area (Å²) in [5, 5.41) is 4.05. The second kappa shape index (κ2) is 3.62. The zero-order valence-electron chi connectivity index (χ0n) is 5.92. The zero-order valence-corrected chi connectivity index (χ0v) is 7.32. The molecule has 0 aliphatic carbocycles. The average Bonchev–Trinajstić information content (AvgIpc) is 1.64. The first-order valence-electron chi connectivity index (χ1n) is 2.90. The van der Waals surface area contributed by atoms with E-state index in [4.69, 9.17) is 4.74 Å². The van der Waals surface area contributed by atoms with Gasteiger partial charge in [0.15, 0.2) is 0 Å². The quantitative estimate of drug-likeness (QED) is 0.599. The Morgan fingerprint density at radius 1 is 1.56 bits per heavy atom. The average molecular weight is 165 g/mol. The molecule has 0 N–H and O–H groups in total. The van der Waals surface area contributed by atoms with Crippen molar-refractivity contribution in [2.75, 3.05) is 26.8 Å². The monoisotopic (exact) mass is 165 g/mol. The molecule has 1 rings (SSSR count). The normalized spacial score (nSPS) is 22.0.